The Hall–Kier alpha value is -1.10. The number of carbonyl (C=O) groups excluding carboxylic acids is 2. The molecule has 20 heavy (non-hydrogen) atoms. The third-order valence-electron chi connectivity index (χ3n) is 4.74. The molecule has 1 saturated carbocycles. The molecule has 5 heteroatoms. The molecule has 0 bridgehead atoms. The van der Waals surface area contributed by atoms with Crippen molar-refractivity contribution in [3.8, 4) is 0 Å². The van der Waals surface area contributed by atoms with Crippen molar-refractivity contribution in [2.24, 2.45) is 5.92 Å². The zero-order valence-electron chi connectivity index (χ0n) is 12.1. The van der Waals surface area contributed by atoms with Crippen LogP contribution in [-0.4, -0.2) is 60.4 Å². The summed E-state index contributed by atoms with van der Waals surface area (Å²) in [5.74, 6) is 1.18. The van der Waals surface area contributed by atoms with E-state index in [1.165, 1.54) is 12.8 Å². The van der Waals surface area contributed by atoms with Gasteiger partial charge in [0.15, 0.2) is 0 Å². The highest BCUT2D eigenvalue weighted by molar-refractivity contribution is 5.85. The lowest BCUT2D eigenvalue weighted by atomic mass is 10.0. The molecule has 3 aliphatic rings. The smallest absolute Gasteiger partial charge is 0.242 e. The van der Waals surface area contributed by atoms with E-state index < -0.39 is 0 Å². The highest BCUT2D eigenvalue weighted by atomic mass is 16.2. The van der Waals surface area contributed by atoms with E-state index in [0.29, 0.717) is 19.0 Å². The second kappa shape index (κ2) is 6.12. The average Bonchev–Trinajstić information content (AvgIpc) is 3.21. The maximum atomic E-state index is 12.2. The zero-order valence-corrected chi connectivity index (χ0v) is 12.1. The van der Waals surface area contributed by atoms with E-state index in [-0.39, 0.29) is 11.8 Å². The summed E-state index contributed by atoms with van der Waals surface area (Å²) in [6, 6.07) is 0.577. The average molecular weight is 279 g/mol. The molecule has 0 aromatic carbocycles. The highest BCUT2D eigenvalue weighted by Crippen LogP contribution is 2.28. The number of carbonyl (C=O) groups is 2. The molecule has 0 aromatic heterocycles. The van der Waals surface area contributed by atoms with Crippen LogP contribution in [0.1, 0.15) is 38.5 Å². The molecule has 2 saturated heterocycles. The summed E-state index contributed by atoms with van der Waals surface area (Å²) < 4.78 is 0. The number of likely N-dealkylation sites (tertiary alicyclic amines) is 2. The summed E-state index contributed by atoms with van der Waals surface area (Å²) >= 11 is 0. The van der Waals surface area contributed by atoms with E-state index in [4.69, 9.17) is 0 Å². The fraction of sp³-hybridized carbons (Fsp3) is 0.867. The van der Waals surface area contributed by atoms with Crippen LogP contribution in [0.5, 0.6) is 0 Å². The van der Waals surface area contributed by atoms with Crippen LogP contribution in [0.2, 0.25) is 0 Å². The van der Waals surface area contributed by atoms with Crippen LogP contribution in [0, 0.1) is 5.92 Å². The van der Waals surface area contributed by atoms with Crippen molar-refractivity contribution in [3.63, 3.8) is 0 Å². The first-order valence-corrected chi connectivity index (χ1v) is 8.01. The number of hydrogen-bond donors (Lipinski definition) is 1. The standard InChI is InChI=1S/C15H25N3O2/c19-14-2-1-7-18(14)11-15(20)17-8-5-13(6-9-17)16-10-12-3-4-12/h12-13,16H,1-11H2. The third-order valence-corrected chi connectivity index (χ3v) is 4.74. The van der Waals surface area contributed by atoms with Crippen LogP contribution < -0.4 is 5.32 Å². The van der Waals surface area contributed by atoms with Crippen molar-refractivity contribution in [3.05, 3.63) is 0 Å². The molecule has 5 nitrogen and oxygen atoms in total. The van der Waals surface area contributed by atoms with E-state index in [1.54, 1.807) is 4.90 Å². The molecule has 0 spiro atoms. The minimum Gasteiger partial charge on any atom is -0.341 e. The van der Waals surface area contributed by atoms with Crippen molar-refractivity contribution in [1.82, 2.24) is 15.1 Å². The molecule has 0 aromatic rings. The molecule has 3 fully saturated rings. The summed E-state index contributed by atoms with van der Waals surface area (Å²) in [4.78, 5) is 27.4. The predicted molar refractivity (Wildman–Crippen MR) is 76.1 cm³/mol. The molecule has 2 amide bonds. The lowest BCUT2D eigenvalue weighted by molar-refractivity contribution is -0.139. The van der Waals surface area contributed by atoms with Crippen molar-refractivity contribution in [1.29, 1.82) is 0 Å². The summed E-state index contributed by atoms with van der Waals surface area (Å²) in [5, 5.41) is 3.62. The van der Waals surface area contributed by atoms with E-state index >= 15 is 0 Å². The van der Waals surface area contributed by atoms with Crippen molar-refractivity contribution in [2.45, 2.75) is 44.6 Å². The van der Waals surface area contributed by atoms with Crippen LogP contribution in [-0.2, 0) is 9.59 Å². The summed E-state index contributed by atoms with van der Waals surface area (Å²) in [6.45, 7) is 3.87. The summed E-state index contributed by atoms with van der Waals surface area (Å²) in [5.41, 5.74) is 0. The maximum absolute atomic E-state index is 12.2. The van der Waals surface area contributed by atoms with Gasteiger partial charge in [0.1, 0.15) is 0 Å². The Kier molecular flexibility index (Phi) is 4.24. The van der Waals surface area contributed by atoms with E-state index in [0.717, 1.165) is 51.4 Å². The van der Waals surface area contributed by atoms with E-state index in [1.807, 2.05) is 4.90 Å². The van der Waals surface area contributed by atoms with E-state index in [9.17, 15) is 9.59 Å². The molecular formula is C15H25N3O2. The minimum absolute atomic E-state index is 0.126. The number of amides is 2. The van der Waals surface area contributed by atoms with Crippen LogP contribution in [0.4, 0.5) is 0 Å². The number of piperidine rings is 1. The topological polar surface area (TPSA) is 52.7 Å². The van der Waals surface area contributed by atoms with Crippen molar-refractivity contribution in [2.75, 3.05) is 32.7 Å². The van der Waals surface area contributed by atoms with Gasteiger partial charge in [0.05, 0.1) is 6.54 Å². The molecule has 2 heterocycles. The van der Waals surface area contributed by atoms with Gasteiger partial charge < -0.3 is 15.1 Å². The molecule has 0 unspecified atom stereocenters. The first kappa shape index (κ1) is 13.9. The van der Waals surface area contributed by atoms with Gasteiger partial charge in [0, 0.05) is 32.1 Å². The number of hydrogen-bond acceptors (Lipinski definition) is 3. The van der Waals surface area contributed by atoms with Crippen LogP contribution >= 0.6 is 0 Å². The van der Waals surface area contributed by atoms with Crippen LogP contribution in [0.25, 0.3) is 0 Å². The van der Waals surface area contributed by atoms with Gasteiger partial charge in [-0.3, -0.25) is 9.59 Å². The molecule has 0 radical (unpaired) electrons. The second-order valence-electron chi connectivity index (χ2n) is 6.43. The van der Waals surface area contributed by atoms with Crippen LogP contribution in [0.15, 0.2) is 0 Å². The Morgan fingerprint density at radius 1 is 1.15 bits per heavy atom. The minimum atomic E-state index is 0.126. The van der Waals surface area contributed by atoms with Gasteiger partial charge in [-0.25, -0.2) is 0 Å². The van der Waals surface area contributed by atoms with Gasteiger partial charge in [-0.15, -0.1) is 0 Å². The lowest BCUT2D eigenvalue weighted by Gasteiger charge is -2.33. The van der Waals surface area contributed by atoms with Gasteiger partial charge in [-0.1, -0.05) is 0 Å². The molecule has 1 N–H and O–H groups in total. The highest BCUT2D eigenvalue weighted by Gasteiger charge is 2.28. The van der Waals surface area contributed by atoms with E-state index in [2.05, 4.69) is 5.32 Å². The lowest BCUT2D eigenvalue weighted by Crippen LogP contribution is -2.48. The molecule has 1 aliphatic carbocycles. The van der Waals surface area contributed by atoms with Gasteiger partial charge in [-0.05, 0) is 44.6 Å². The first-order chi connectivity index (χ1) is 9.72. The monoisotopic (exact) mass is 279 g/mol. The zero-order chi connectivity index (χ0) is 13.9. The Morgan fingerprint density at radius 3 is 2.50 bits per heavy atom. The normalized spacial score (nSPS) is 24.5. The Morgan fingerprint density at radius 2 is 1.90 bits per heavy atom. The summed E-state index contributed by atoms with van der Waals surface area (Å²) in [6.07, 6.45) is 6.38. The van der Waals surface area contributed by atoms with Gasteiger partial charge in [-0.2, -0.15) is 0 Å². The fourth-order valence-corrected chi connectivity index (χ4v) is 3.12. The maximum Gasteiger partial charge on any atom is 0.242 e. The number of nitrogens with zero attached hydrogens (tertiary/aromatic N) is 2. The Bertz CT molecular complexity index is 373. The molecular weight excluding hydrogens is 254 g/mol. The Balaban J connectivity index is 1.38. The van der Waals surface area contributed by atoms with Crippen molar-refractivity contribution < 1.29 is 9.59 Å². The number of rotatable bonds is 5. The SMILES string of the molecule is O=C(CN1CCCC1=O)N1CCC(NCC2CC2)CC1. The second-order valence-corrected chi connectivity index (χ2v) is 6.43. The van der Waals surface area contributed by atoms with Crippen LogP contribution in [0.3, 0.4) is 0 Å². The quantitative estimate of drug-likeness (QED) is 0.802. The molecule has 2 aliphatic heterocycles. The third kappa shape index (κ3) is 3.51. The van der Waals surface area contributed by atoms with Gasteiger partial charge >= 0.3 is 0 Å². The number of nitrogens with one attached hydrogen (secondary N) is 1. The molecule has 0 atom stereocenters. The predicted octanol–water partition coefficient (Wildman–Crippen LogP) is 0.599. The first-order valence-electron chi connectivity index (χ1n) is 8.01. The fourth-order valence-electron chi connectivity index (χ4n) is 3.12. The van der Waals surface area contributed by atoms with Gasteiger partial charge in [0.25, 0.3) is 0 Å². The summed E-state index contributed by atoms with van der Waals surface area (Å²) in [7, 11) is 0. The van der Waals surface area contributed by atoms with Gasteiger partial charge in [0.2, 0.25) is 11.8 Å². The molecule has 3 rings (SSSR count). The Labute approximate surface area is 120 Å². The largest absolute Gasteiger partial charge is 0.341 e. The van der Waals surface area contributed by atoms with Crippen molar-refractivity contribution >= 4 is 11.8 Å². The molecule has 112 valence electrons.